The highest BCUT2D eigenvalue weighted by Crippen LogP contribution is 2.32. The summed E-state index contributed by atoms with van der Waals surface area (Å²) in [5.74, 6) is 4.15. The van der Waals surface area contributed by atoms with Crippen LogP contribution in [0.3, 0.4) is 0 Å². The standard InChI is InChI=1S/C24H24N4O3/c1-29-19-9-6-17(7-10-19)23-26-24(31-27-23)18-12-14-28(15-13-18)21-11-8-16-4-3-5-20(30-2)22(16)25-21/h3-11,18H,12-15H2,1-2H3. The lowest BCUT2D eigenvalue weighted by Gasteiger charge is -2.31. The van der Waals surface area contributed by atoms with Gasteiger partial charge < -0.3 is 18.9 Å². The van der Waals surface area contributed by atoms with Gasteiger partial charge in [0.25, 0.3) is 0 Å². The molecule has 0 N–H and O–H groups in total. The van der Waals surface area contributed by atoms with Crippen molar-refractivity contribution in [2.75, 3.05) is 32.2 Å². The Morgan fingerprint density at radius 2 is 1.71 bits per heavy atom. The molecule has 5 rings (SSSR count). The molecule has 2 aromatic heterocycles. The van der Waals surface area contributed by atoms with Crippen LogP contribution >= 0.6 is 0 Å². The fourth-order valence-corrected chi connectivity index (χ4v) is 4.06. The van der Waals surface area contributed by atoms with Crippen molar-refractivity contribution in [3.8, 4) is 22.9 Å². The summed E-state index contributed by atoms with van der Waals surface area (Å²) in [7, 11) is 3.33. The summed E-state index contributed by atoms with van der Waals surface area (Å²) in [6.45, 7) is 1.77. The third kappa shape index (κ3) is 3.79. The summed E-state index contributed by atoms with van der Waals surface area (Å²) in [6, 6.07) is 17.8. The first-order chi connectivity index (χ1) is 15.2. The van der Waals surface area contributed by atoms with Gasteiger partial charge in [-0.3, -0.25) is 0 Å². The molecule has 0 saturated carbocycles. The molecule has 2 aromatic carbocycles. The van der Waals surface area contributed by atoms with Gasteiger partial charge in [0.15, 0.2) is 0 Å². The van der Waals surface area contributed by atoms with Crippen molar-refractivity contribution in [2.24, 2.45) is 0 Å². The molecule has 1 saturated heterocycles. The highest BCUT2D eigenvalue weighted by Gasteiger charge is 2.26. The Hall–Kier alpha value is -3.61. The van der Waals surface area contributed by atoms with Crippen LogP contribution in [-0.4, -0.2) is 42.4 Å². The molecule has 0 unspecified atom stereocenters. The van der Waals surface area contributed by atoms with Gasteiger partial charge >= 0.3 is 0 Å². The second-order valence-corrected chi connectivity index (χ2v) is 7.65. The Kier molecular flexibility index (Phi) is 5.16. The number of ether oxygens (including phenoxy) is 2. The topological polar surface area (TPSA) is 73.5 Å². The fourth-order valence-electron chi connectivity index (χ4n) is 4.06. The number of nitrogens with zero attached hydrogens (tertiary/aromatic N) is 4. The SMILES string of the molecule is COc1ccc(-c2noc(C3CCN(c4ccc5cccc(OC)c5n4)CC3)n2)cc1. The summed E-state index contributed by atoms with van der Waals surface area (Å²) in [5.41, 5.74) is 1.81. The van der Waals surface area contributed by atoms with Gasteiger partial charge in [0.2, 0.25) is 11.7 Å². The lowest BCUT2D eigenvalue weighted by atomic mass is 9.96. The maximum atomic E-state index is 5.60. The number of fused-ring (bicyclic) bond motifs is 1. The van der Waals surface area contributed by atoms with Crippen LogP contribution in [-0.2, 0) is 0 Å². The average Bonchev–Trinajstić information content (AvgIpc) is 3.34. The Labute approximate surface area is 180 Å². The number of piperidine rings is 1. The van der Waals surface area contributed by atoms with E-state index in [1.807, 2.05) is 36.4 Å². The third-order valence-electron chi connectivity index (χ3n) is 5.85. The van der Waals surface area contributed by atoms with E-state index in [0.29, 0.717) is 11.7 Å². The number of benzene rings is 2. The summed E-state index contributed by atoms with van der Waals surface area (Å²) in [6.07, 6.45) is 1.88. The third-order valence-corrected chi connectivity index (χ3v) is 5.85. The number of hydrogen-bond acceptors (Lipinski definition) is 7. The summed E-state index contributed by atoms with van der Waals surface area (Å²) in [4.78, 5) is 11.8. The molecule has 1 aliphatic rings. The van der Waals surface area contributed by atoms with Crippen molar-refractivity contribution in [3.63, 3.8) is 0 Å². The number of methoxy groups -OCH3 is 2. The van der Waals surface area contributed by atoms with Gasteiger partial charge in [-0.2, -0.15) is 4.98 Å². The van der Waals surface area contributed by atoms with Gasteiger partial charge in [0.05, 0.1) is 14.2 Å². The van der Waals surface area contributed by atoms with Crippen molar-refractivity contribution in [1.29, 1.82) is 0 Å². The van der Waals surface area contributed by atoms with E-state index in [0.717, 1.165) is 59.7 Å². The number of pyridine rings is 1. The molecule has 0 atom stereocenters. The zero-order valence-corrected chi connectivity index (χ0v) is 17.6. The van der Waals surface area contributed by atoms with E-state index in [1.54, 1.807) is 14.2 Å². The van der Waals surface area contributed by atoms with Crippen LogP contribution in [0.1, 0.15) is 24.7 Å². The molecule has 0 aliphatic carbocycles. The molecule has 1 aliphatic heterocycles. The number of hydrogen-bond donors (Lipinski definition) is 0. The average molecular weight is 416 g/mol. The summed E-state index contributed by atoms with van der Waals surface area (Å²) < 4.78 is 16.3. The quantitative estimate of drug-likeness (QED) is 0.467. The van der Waals surface area contributed by atoms with E-state index < -0.39 is 0 Å². The Morgan fingerprint density at radius 3 is 2.45 bits per heavy atom. The predicted molar refractivity (Wildman–Crippen MR) is 119 cm³/mol. The molecule has 0 spiro atoms. The molecule has 7 nitrogen and oxygen atoms in total. The van der Waals surface area contributed by atoms with Crippen molar-refractivity contribution >= 4 is 16.7 Å². The summed E-state index contributed by atoms with van der Waals surface area (Å²) >= 11 is 0. The second-order valence-electron chi connectivity index (χ2n) is 7.65. The molecule has 0 amide bonds. The first kappa shape index (κ1) is 19.4. The van der Waals surface area contributed by atoms with Crippen molar-refractivity contribution in [1.82, 2.24) is 15.1 Å². The minimum atomic E-state index is 0.255. The lowest BCUT2D eigenvalue weighted by Crippen LogP contribution is -2.33. The molecule has 4 aromatic rings. The Bertz CT molecular complexity index is 1180. The Morgan fingerprint density at radius 1 is 0.903 bits per heavy atom. The number of para-hydroxylation sites is 1. The van der Waals surface area contributed by atoms with Crippen LogP contribution in [0.25, 0.3) is 22.3 Å². The second kappa shape index (κ2) is 8.26. The fraction of sp³-hybridized carbons (Fsp3) is 0.292. The van der Waals surface area contributed by atoms with Crippen LogP contribution in [0.5, 0.6) is 11.5 Å². The monoisotopic (exact) mass is 416 g/mol. The van der Waals surface area contributed by atoms with Gasteiger partial charge in [-0.25, -0.2) is 4.98 Å². The molecule has 3 heterocycles. The predicted octanol–water partition coefficient (Wildman–Crippen LogP) is 4.69. The van der Waals surface area contributed by atoms with Crippen LogP contribution in [0, 0.1) is 0 Å². The molecule has 7 heteroatoms. The van der Waals surface area contributed by atoms with E-state index in [9.17, 15) is 0 Å². The minimum Gasteiger partial charge on any atom is -0.497 e. The molecule has 158 valence electrons. The van der Waals surface area contributed by atoms with Crippen LogP contribution in [0.4, 0.5) is 5.82 Å². The molecule has 31 heavy (non-hydrogen) atoms. The highest BCUT2D eigenvalue weighted by atomic mass is 16.5. The first-order valence-electron chi connectivity index (χ1n) is 10.4. The van der Waals surface area contributed by atoms with Crippen molar-refractivity contribution < 1.29 is 14.0 Å². The molecule has 0 bridgehead atoms. The summed E-state index contributed by atoms with van der Waals surface area (Å²) in [5, 5.41) is 5.26. The minimum absolute atomic E-state index is 0.255. The first-order valence-corrected chi connectivity index (χ1v) is 10.4. The van der Waals surface area contributed by atoms with Crippen LogP contribution < -0.4 is 14.4 Å². The molecule has 1 fully saturated rings. The maximum absolute atomic E-state index is 5.60. The highest BCUT2D eigenvalue weighted by molar-refractivity contribution is 5.86. The van der Waals surface area contributed by atoms with Gasteiger partial charge in [-0.15, -0.1) is 0 Å². The van der Waals surface area contributed by atoms with Gasteiger partial charge in [-0.05, 0) is 55.3 Å². The van der Waals surface area contributed by atoms with Crippen LogP contribution in [0.2, 0.25) is 0 Å². The number of anilines is 1. The normalized spacial score (nSPS) is 14.7. The van der Waals surface area contributed by atoms with Crippen molar-refractivity contribution in [2.45, 2.75) is 18.8 Å². The molecular weight excluding hydrogens is 392 g/mol. The van der Waals surface area contributed by atoms with Gasteiger partial charge in [0, 0.05) is 30.0 Å². The largest absolute Gasteiger partial charge is 0.497 e. The zero-order chi connectivity index (χ0) is 21.2. The Balaban J connectivity index is 1.28. The van der Waals surface area contributed by atoms with Gasteiger partial charge in [-0.1, -0.05) is 17.3 Å². The van der Waals surface area contributed by atoms with Crippen molar-refractivity contribution in [3.05, 3.63) is 60.5 Å². The van der Waals surface area contributed by atoms with E-state index in [4.69, 9.17) is 19.0 Å². The zero-order valence-electron chi connectivity index (χ0n) is 17.6. The lowest BCUT2D eigenvalue weighted by molar-refractivity contribution is 0.329. The molecule has 0 radical (unpaired) electrons. The van der Waals surface area contributed by atoms with Crippen LogP contribution in [0.15, 0.2) is 59.1 Å². The molecular formula is C24H24N4O3. The van der Waals surface area contributed by atoms with E-state index in [-0.39, 0.29) is 5.92 Å². The number of rotatable bonds is 5. The van der Waals surface area contributed by atoms with E-state index in [2.05, 4.69) is 33.2 Å². The number of aromatic nitrogens is 3. The van der Waals surface area contributed by atoms with E-state index >= 15 is 0 Å². The maximum Gasteiger partial charge on any atom is 0.230 e. The smallest absolute Gasteiger partial charge is 0.230 e. The van der Waals surface area contributed by atoms with E-state index in [1.165, 1.54) is 0 Å². The van der Waals surface area contributed by atoms with Gasteiger partial charge in [0.1, 0.15) is 22.8 Å².